The number of imide groups is 1. The summed E-state index contributed by atoms with van der Waals surface area (Å²) in [7, 11) is 0. The molecule has 2 amide bonds. The maximum Gasteiger partial charge on any atom is 0.338 e. The molecule has 0 saturated carbocycles. The number of unbranched alkanes of at least 4 members (excludes halogenated alkanes) is 1. The molecule has 1 heterocycles. The minimum atomic E-state index is -0.382. The lowest BCUT2D eigenvalue weighted by Crippen LogP contribution is -2.30. The van der Waals surface area contributed by atoms with Gasteiger partial charge in [0.25, 0.3) is 0 Å². The average molecular weight is 341 g/mol. The van der Waals surface area contributed by atoms with Crippen LogP contribution in [0, 0.1) is 11.8 Å². The van der Waals surface area contributed by atoms with Gasteiger partial charge in [-0.05, 0) is 50.5 Å². The maximum absolute atomic E-state index is 12.7. The average Bonchev–Trinajstić information content (AvgIpc) is 2.85. The number of carbonyl (C=O) groups excluding carboxylic acids is 3. The van der Waals surface area contributed by atoms with Gasteiger partial charge in [0.1, 0.15) is 0 Å². The summed E-state index contributed by atoms with van der Waals surface area (Å²) in [6, 6.07) is 6.50. The summed E-state index contributed by atoms with van der Waals surface area (Å²) < 4.78 is 5.17. The summed E-state index contributed by atoms with van der Waals surface area (Å²) in [5.74, 6) is -1.17. The number of nitrogens with zero attached hydrogens (tertiary/aromatic N) is 1. The number of carbonyl (C=O) groups is 3. The Hall–Kier alpha value is -2.43. The van der Waals surface area contributed by atoms with Gasteiger partial charge in [0.05, 0.1) is 29.7 Å². The van der Waals surface area contributed by atoms with Crippen LogP contribution in [-0.4, -0.2) is 24.4 Å². The monoisotopic (exact) mass is 341 g/mol. The zero-order chi connectivity index (χ0) is 18.0. The molecule has 0 N–H and O–H groups in total. The first-order chi connectivity index (χ1) is 12.0. The van der Waals surface area contributed by atoms with Gasteiger partial charge in [-0.3, -0.25) is 14.5 Å². The quantitative estimate of drug-likeness (QED) is 0.356. The van der Waals surface area contributed by atoms with Gasteiger partial charge in [0, 0.05) is 0 Å². The molecular formula is C20H23NO4. The summed E-state index contributed by atoms with van der Waals surface area (Å²) in [5, 5.41) is 0. The molecule has 5 nitrogen and oxygen atoms in total. The Kier molecular flexibility index (Phi) is 5.02. The first kappa shape index (κ1) is 17.4. The molecule has 0 aromatic heterocycles. The zero-order valence-electron chi connectivity index (χ0n) is 14.7. The second kappa shape index (κ2) is 7.21. The Balaban J connectivity index is 1.73. The highest BCUT2D eigenvalue weighted by Gasteiger charge is 2.48. The Labute approximate surface area is 147 Å². The first-order valence-electron chi connectivity index (χ1n) is 8.83. The normalized spacial score (nSPS) is 22.6. The molecular weight excluding hydrogens is 318 g/mol. The smallest absolute Gasteiger partial charge is 0.338 e. The summed E-state index contributed by atoms with van der Waals surface area (Å²) >= 11 is 0. The van der Waals surface area contributed by atoms with Crippen molar-refractivity contribution in [2.75, 3.05) is 11.5 Å². The van der Waals surface area contributed by atoms with Crippen LogP contribution in [0.3, 0.4) is 0 Å². The summed E-state index contributed by atoms with van der Waals surface area (Å²) in [4.78, 5) is 38.5. The second-order valence-electron chi connectivity index (χ2n) is 6.75. The van der Waals surface area contributed by atoms with Crippen molar-refractivity contribution in [2.45, 2.75) is 39.5 Å². The summed E-state index contributed by atoms with van der Waals surface area (Å²) in [6.07, 6.45) is 5.11. The Morgan fingerprint density at radius 2 is 1.84 bits per heavy atom. The molecule has 1 aliphatic carbocycles. The van der Waals surface area contributed by atoms with E-state index in [9.17, 15) is 14.4 Å². The molecule has 5 heteroatoms. The van der Waals surface area contributed by atoms with Crippen LogP contribution >= 0.6 is 0 Å². The molecule has 1 aromatic rings. The standard InChI is InChI=1S/C20H23NO4/c1-3-4-11-25-20(24)14-6-8-15(9-7-14)21-18(22)16-10-5-13(2)12-17(16)19(21)23/h5-9,16-17H,3-4,10-12H2,1-2H3. The number of rotatable bonds is 5. The van der Waals surface area contributed by atoms with Crippen LogP contribution in [0.4, 0.5) is 5.69 Å². The lowest BCUT2D eigenvalue weighted by Gasteiger charge is -2.18. The highest BCUT2D eigenvalue weighted by molar-refractivity contribution is 6.22. The van der Waals surface area contributed by atoms with E-state index in [4.69, 9.17) is 4.74 Å². The van der Waals surface area contributed by atoms with E-state index in [1.54, 1.807) is 24.3 Å². The third-order valence-electron chi connectivity index (χ3n) is 4.92. The molecule has 2 atom stereocenters. The van der Waals surface area contributed by atoms with Crippen LogP contribution in [0.25, 0.3) is 0 Å². The SMILES string of the molecule is CCCCOC(=O)c1ccc(N2C(=O)C3CC=C(C)CC3C2=O)cc1. The van der Waals surface area contributed by atoms with Crippen LogP contribution in [0.15, 0.2) is 35.9 Å². The van der Waals surface area contributed by atoms with Gasteiger partial charge in [-0.1, -0.05) is 25.0 Å². The van der Waals surface area contributed by atoms with Crippen LogP contribution in [0.5, 0.6) is 0 Å². The lowest BCUT2D eigenvalue weighted by molar-refractivity contribution is -0.122. The highest BCUT2D eigenvalue weighted by Crippen LogP contribution is 2.39. The van der Waals surface area contributed by atoms with Crippen LogP contribution in [-0.2, 0) is 14.3 Å². The van der Waals surface area contributed by atoms with Crippen molar-refractivity contribution in [3.8, 4) is 0 Å². The molecule has 1 fully saturated rings. The van der Waals surface area contributed by atoms with Crippen LogP contribution in [0.1, 0.15) is 49.9 Å². The van der Waals surface area contributed by atoms with E-state index in [-0.39, 0.29) is 29.6 Å². The minimum Gasteiger partial charge on any atom is -0.462 e. The zero-order valence-corrected chi connectivity index (χ0v) is 14.7. The molecule has 0 spiro atoms. The third kappa shape index (κ3) is 3.36. The highest BCUT2D eigenvalue weighted by atomic mass is 16.5. The fourth-order valence-corrected chi connectivity index (χ4v) is 3.43. The molecule has 132 valence electrons. The molecule has 0 bridgehead atoms. The first-order valence-corrected chi connectivity index (χ1v) is 8.83. The number of allylic oxidation sites excluding steroid dienone is 2. The summed E-state index contributed by atoms with van der Waals surface area (Å²) in [6.45, 7) is 4.42. The van der Waals surface area contributed by atoms with Crippen LogP contribution < -0.4 is 4.90 Å². The Bertz CT molecular complexity index is 720. The van der Waals surface area contributed by atoms with Gasteiger partial charge in [-0.15, -0.1) is 0 Å². The predicted molar refractivity (Wildman–Crippen MR) is 94.1 cm³/mol. The fourth-order valence-electron chi connectivity index (χ4n) is 3.43. The van der Waals surface area contributed by atoms with Crippen molar-refractivity contribution >= 4 is 23.5 Å². The van der Waals surface area contributed by atoms with Crippen LogP contribution in [0.2, 0.25) is 0 Å². The van der Waals surface area contributed by atoms with Gasteiger partial charge in [-0.2, -0.15) is 0 Å². The second-order valence-corrected chi connectivity index (χ2v) is 6.75. The largest absolute Gasteiger partial charge is 0.462 e. The number of amides is 2. The van der Waals surface area contributed by atoms with E-state index in [1.165, 1.54) is 4.90 Å². The van der Waals surface area contributed by atoms with Gasteiger partial charge in [-0.25, -0.2) is 4.79 Å². The number of benzene rings is 1. The van der Waals surface area contributed by atoms with Crippen molar-refractivity contribution in [3.05, 3.63) is 41.5 Å². The van der Waals surface area contributed by atoms with Crippen molar-refractivity contribution < 1.29 is 19.1 Å². The van der Waals surface area contributed by atoms with E-state index < -0.39 is 0 Å². The third-order valence-corrected chi connectivity index (χ3v) is 4.92. The van der Waals surface area contributed by atoms with Crippen molar-refractivity contribution in [1.29, 1.82) is 0 Å². The molecule has 2 unspecified atom stereocenters. The number of hydrogen-bond acceptors (Lipinski definition) is 4. The number of fused-ring (bicyclic) bond motifs is 1. The molecule has 1 aromatic carbocycles. The topological polar surface area (TPSA) is 63.7 Å². The van der Waals surface area contributed by atoms with Gasteiger partial charge in [0.2, 0.25) is 11.8 Å². The predicted octanol–water partition coefficient (Wildman–Crippen LogP) is 3.49. The Morgan fingerprint density at radius 1 is 1.16 bits per heavy atom. The molecule has 25 heavy (non-hydrogen) atoms. The molecule has 2 aliphatic rings. The molecule has 0 radical (unpaired) electrons. The van der Waals surface area contributed by atoms with Gasteiger partial charge < -0.3 is 4.74 Å². The number of ether oxygens (including phenoxy) is 1. The van der Waals surface area contributed by atoms with Crippen molar-refractivity contribution in [2.24, 2.45) is 11.8 Å². The molecule has 1 aliphatic heterocycles. The van der Waals surface area contributed by atoms with E-state index >= 15 is 0 Å². The Morgan fingerprint density at radius 3 is 2.52 bits per heavy atom. The van der Waals surface area contributed by atoms with E-state index in [2.05, 4.69) is 0 Å². The molecule has 1 saturated heterocycles. The van der Waals surface area contributed by atoms with E-state index in [1.807, 2.05) is 19.9 Å². The number of esters is 1. The van der Waals surface area contributed by atoms with E-state index in [0.29, 0.717) is 30.7 Å². The fraction of sp³-hybridized carbons (Fsp3) is 0.450. The number of hydrogen-bond donors (Lipinski definition) is 0. The van der Waals surface area contributed by atoms with Crippen molar-refractivity contribution in [3.63, 3.8) is 0 Å². The number of anilines is 1. The van der Waals surface area contributed by atoms with Gasteiger partial charge in [0.15, 0.2) is 0 Å². The van der Waals surface area contributed by atoms with E-state index in [0.717, 1.165) is 18.4 Å². The summed E-state index contributed by atoms with van der Waals surface area (Å²) in [5.41, 5.74) is 2.11. The van der Waals surface area contributed by atoms with Crippen molar-refractivity contribution in [1.82, 2.24) is 0 Å². The lowest BCUT2D eigenvalue weighted by atomic mass is 9.82. The minimum absolute atomic E-state index is 0.138. The van der Waals surface area contributed by atoms with Gasteiger partial charge >= 0.3 is 5.97 Å². The maximum atomic E-state index is 12.7. The molecule has 3 rings (SSSR count).